The summed E-state index contributed by atoms with van der Waals surface area (Å²) in [5, 5.41) is 12.4. The van der Waals surface area contributed by atoms with Gasteiger partial charge in [0.25, 0.3) is 0 Å². The van der Waals surface area contributed by atoms with Gasteiger partial charge in [0.05, 0.1) is 24.3 Å². The number of benzene rings is 1. The quantitative estimate of drug-likeness (QED) is 0.427. The molecule has 2 aromatic rings. The van der Waals surface area contributed by atoms with Crippen molar-refractivity contribution in [2.45, 2.75) is 34.2 Å². The van der Waals surface area contributed by atoms with E-state index in [1.807, 2.05) is 70.2 Å². The van der Waals surface area contributed by atoms with Gasteiger partial charge in [-0.3, -0.25) is 10.8 Å². The molecule has 0 aliphatic heterocycles. The molecule has 4 N–H and O–H groups in total. The highest BCUT2D eigenvalue weighted by molar-refractivity contribution is 5.70. The molecule has 0 saturated heterocycles. The van der Waals surface area contributed by atoms with Gasteiger partial charge in [0.2, 0.25) is 5.62 Å². The number of nitrogens with two attached hydrogens (primary N) is 1. The topological polar surface area (TPSA) is 97.0 Å². The predicted octanol–water partition coefficient (Wildman–Crippen LogP) is 3.21. The number of anilines is 1. The largest absolute Gasteiger partial charge is 0.390 e. The molecule has 0 radical (unpaired) electrons. The molecule has 2 rings (SSSR count). The minimum atomic E-state index is 0.241. The van der Waals surface area contributed by atoms with E-state index in [9.17, 15) is 0 Å². The van der Waals surface area contributed by atoms with Gasteiger partial charge in [-0.15, -0.1) is 0 Å². The normalized spacial score (nSPS) is 11.6. The van der Waals surface area contributed by atoms with Crippen LogP contribution in [0.3, 0.4) is 0 Å². The van der Waals surface area contributed by atoms with Crippen molar-refractivity contribution in [3.8, 4) is 0 Å². The van der Waals surface area contributed by atoms with Crippen LogP contribution in [-0.2, 0) is 6.54 Å². The van der Waals surface area contributed by atoms with Crippen molar-refractivity contribution in [2.24, 2.45) is 10.7 Å². The lowest BCUT2D eigenvalue weighted by atomic mass is 10.3. The Balaban J connectivity index is 0.00000151. The maximum Gasteiger partial charge on any atom is 0.239 e. The molecule has 0 atom stereocenters. The molecule has 7 nitrogen and oxygen atoms in total. The fraction of sp³-hybridized carbons (Fsp3) is 0.278. The van der Waals surface area contributed by atoms with Crippen molar-refractivity contribution >= 4 is 17.7 Å². The van der Waals surface area contributed by atoms with Crippen LogP contribution in [-0.4, -0.2) is 20.8 Å². The number of rotatable bonds is 6. The minimum absolute atomic E-state index is 0.241. The monoisotopic (exact) mass is 341 g/mol. The van der Waals surface area contributed by atoms with Crippen molar-refractivity contribution in [3.05, 3.63) is 60.0 Å². The first kappa shape index (κ1) is 20.0. The summed E-state index contributed by atoms with van der Waals surface area (Å²) < 4.78 is 3.14. The summed E-state index contributed by atoms with van der Waals surface area (Å²) in [4.78, 5) is 4.09. The number of para-hydroxylation sites is 2. The van der Waals surface area contributed by atoms with Gasteiger partial charge in [0, 0.05) is 0 Å². The Labute approximate surface area is 148 Å². The zero-order chi connectivity index (χ0) is 18.7. The lowest BCUT2D eigenvalue weighted by Gasteiger charge is -2.09. The molecule has 0 aliphatic rings. The first-order valence-electron chi connectivity index (χ1n) is 8.23. The van der Waals surface area contributed by atoms with Crippen LogP contribution >= 0.6 is 0 Å². The second-order valence-corrected chi connectivity index (χ2v) is 4.93. The molecule has 0 amide bonds. The fourth-order valence-electron chi connectivity index (χ4n) is 1.99. The Hall–Kier alpha value is -3.09. The van der Waals surface area contributed by atoms with Crippen molar-refractivity contribution in [2.75, 3.05) is 5.43 Å². The molecule has 134 valence electrons. The fourth-order valence-corrected chi connectivity index (χ4v) is 1.99. The van der Waals surface area contributed by atoms with Gasteiger partial charge in [-0.25, -0.2) is 14.4 Å². The van der Waals surface area contributed by atoms with E-state index in [0.717, 1.165) is 11.3 Å². The number of hydrogen-bond acceptors (Lipinski definition) is 4. The zero-order valence-electron chi connectivity index (χ0n) is 15.3. The molecule has 7 heteroatoms. The van der Waals surface area contributed by atoms with Gasteiger partial charge < -0.3 is 5.73 Å². The van der Waals surface area contributed by atoms with Crippen molar-refractivity contribution < 1.29 is 0 Å². The zero-order valence-corrected chi connectivity index (χ0v) is 15.3. The van der Waals surface area contributed by atoms with E-state index in [0.29, 0.717) is 12.2 Å². The average molecular weight is 341 g/mol. The van der Waals surface area contributed by atoms with Gasteiger partial charge in [-0.1, -0.05) is 49.8 Å². The molecule has 25 heavy (non-hydrogen) atoms. The van der Waals surface area contributed by atoms with Crippen LogP contribution in [0.4, 0.5) is 11.4 Å². The van der Waals surface area contributed by atoms with E-state index in [-0.39, 0.29) is 5.62 Å². The second kappa shape index (κ2) is 10.6. The van der Waals surface area contributed by atoms with Crippen molar-refractivity contribution in [3.63, 3.8) is 0 Å². The highest BCUT2D eigenvalue weighted by Gasteiger charge is 2.05. The summed E-state index contributed by atoms with van der Waals surface area (Å²) in [6.07, 6.45) is 8.74. The van der Waals surface area contributed by atoms with E-state index in [4.69, 9.17) is 11.1 Å². The van der Waals surface area contributed by atoms with Gasteiger partial charge in [0.15, 0.2) is 0 Å². The number of aliphatic imine (C=N–C) groups is 1. The number of allylic oxidation sites excluding steroid dienone is 4. The maximum atomic E-state index is 8.21. The second-order valence-electron chi connectivity index (χ2n) is 4.93. The Morgan fingerprint density at radius 3 is 2.76 bits per heavy atom. The summed E-state index contributed by atoms with van der Waals surface area (Å²) in [7, 11) is 0. The Morgan fingerprint density at radius 2 is 2.08 bits per heavy atom. The highest BCUT2D eigenvalue weighted by Crippen LogP contribution is 2.23. The first-order chi connectivity index (χ1) is 12.2. The highest BCUT2D eigenvalue weighted by atomic mass is 15.5. The van der Waals surface area contributed by atoms with Gasteiger partial charge in [-0.05, 0) is 26.0 Å². The molecule has 1 heterocycles. The smallest absolute Gasteiger partial charge is 0.239 e. The van der Waals surface area contributed by atoms with Gasteiger partial charge >= 0.3 is 0 Å². The van der Waals surface area contributed by atoms with Crippen LogP contribution in [0, 0.1) is 5.41 Å². The van der Waals surface area contributed by atoms with E-state index >= 15 is 0 Å². The standard InChI is InChI=1S/C16H21N7.C2H6/c1-3-4-7-13(2)10-22-16(18)23(12-20-22)21-15-9-6-5-8-14(15)19-11-17;1-2/h3-9,11-12,18,21H,10H2,1-2H3,(H2,17,19);1-2H3/b4-3-,13-7+,18-16?;. The Bertz CT molecular complexity index is 794. The van der Waals surface area contributed by atoms with Gasteiger partial charge in [0.1, 0.15) is 6.33 Å². The lowest BCUT2D eigenvalue weighted by molar-refractivity contribution is 0.617. The summed E-state index contributed by atoms with van der Waals surface area (Å²) >= 11 is 0. The van der Waals surface area contributed by atoms with Crippen LogP contribution in [0.25, 0.3) is 0 Å². The van der Waals surface area contributed by atoms with Crippen molar-refractivity contribution in [1.82, 2.24) is 14.5 Å². The van der Waals surface area contributed by atoms with Gasteiger partial charge in [-0.2, -0.15) is 5.10 Å². The summed E-state index contributed by atoms with van der Waals surface area (Å²) in [5.74, 6) is 0. The third-order valence-electron chi connectivity index (χ3n) is 3.11. The number of nitrogens with zero attached hydrogens (tertiary/aromatic N) is 4. The summed E-state index contributed by atoms with van der Waals surface area (Å²) in [6.45, 7) is 8.53. The third kappa shape index (κ3) is 5.80. The van der Waals surface area contributed by atoms with E-state index in [2.05, 4.69) is 15.5 Å². The van der Waals surface area contributed by atoms with E-state index < -0.39 is 0 Å². The number of hydrogen-bond donors (Lipinski definition) is 3. The molecule has 0 bridgehead atoms. The molecule has 1 aromatic heterocycles. The molecule has 0 aliphatic carbocycles. The van der Waals surface area contributed by atoms with Crippen LogP contribution < -0.4 is 16.8 Å². The minimum Gasteiger partial charge on any atom is -0.390 e. The first-order valence-corrected chi connectivity index (χ1v) is 8.23. The Morgan fingerprint density at radius 1 is 1.36 bits per heavy atom. The molecule has 0 unspecified atom stereocenters. The SMILES string of the molecule is C/C=C\C=C(/C)Cn1ncn(Nc2ccccc2N=CN)c1=N.CC. The Kier molecular flexibility index (Phi) is 8.49. The maximum absolute atomic E-state index is 8.21. The summed E-state index contributed by atoms with van der Waals surface area (Å²) in [5.41, 5.74) is 11.3. The van der Waals surface area contributed by atoms with E-state index in [1.165, 1.54) is 11.0 Å². The molecular weight excluding hydrogens is 314 g/mol. The molecular formula is C18H27N7. The van der Waals surface area contributed by atoms with E-state index in [1.54, 1.807) is 11.0 Å². The average Bonchev–Trinajstić information content (AvgIpc) is 2.97. The lowest BCUT2D eigenvalue weighted by Crippen LogP contribution is -2.29. The molecule has 0 fully saturated rings. The predicted molar refractivity (Wildman–Crippen MR) is 104 cm³/mol. The summed E-state index contributed by atoms with van der Waals surface area (Å²) in [6, 6.07) is 7.46. The van der Waals surface area contributed by atoms with Crippen LogP contribution in [0.1, 0.15) is 27.7 Å². The number of nitrogens with one attached hydrogen (secondary N) is 2. The molecule has 0 saturated carbocycles. The van der Waals surface area contributed by atoms with Crippen LogP contribution in [0.2, 0.25) is 0 Å². The molecule has 1 aromatic carbocycles. The number of aromatic nitrogens is 3. The third-order valence-corrected chi connectivity index (χ3v) is 3.11. The molecule has 0 spiro atoms. The van der Waals surface area contributed by atoms with Crippen LogP contribution in [0.5, 0.6) is 0 Å². The van der Waals surface area contributed by atoms with Crippen LogP contribution in [0.15, 0.2) is 59.4 Å². The van der Waals surface area contributed by atoms with Crippen molar-refractivity contribution in [1.29, 1.82) is 5.41 Å².